The van der Waals surface area contributed by atoms with Crippen molar-refractivity contribution in [2.45, 2.75) is 33.2 Å². The van der Waals surface area contributed by atoms with Gasteiger partial charge in [0.05, 0.1) is 6.04 Å². The van der Waals surface area contributed by atoms with Crippen molar-refractivity contribution in [2.75, 3.05) is 5.32 Å². The third-order valence-corrected chi connectivity index (χ3v) is 4.64. The normalized spacial score (nSPS) is 12.2. The molecule has 0 spiro atoms. The van der Waals surface area contributed by atoms with E-state index in [2.05, 4.69) is 84.5 Å². The molecule has 2 heteroatoms. The van der Waals surface area contributed by atoms with E-state index in [-0.39, 0.29) is 0 Å². The van der Waals surface area contributed by atoms with Gasteiger partial charge in [-0.05, 0) is 49.1 Å². The Labute approximate surface area is 124 Å². The van der Waals surface area contributed by atoms with Gasteiger partial charge in [-0.2, -0.15) is 0 Å². The Balaban J connectivity index is 2.24. The van der Waals surface area contributed by atoms with Crippen molar-refractivity contribution in [1.82, 2.24) is 0 Å². The topological polar surface area (TPSA) is 12.0 Å². The Hall–Kier alpha value is -1.28. The first-order valence-electron chi connectivity index (χ1n) is 6.70. The van der Waals surface area contributed by atoms with Crippen molar-refractivity contribution in [2.24, 2.45) is 0 Å². The highest BCUT2D eigenvalue weighted by Gasteiger charge is 2.10. The van der Waals surface area contributed by atoms with E-state index in [9.17, 15) is 0 Å². The quantitative estimate of drug-likeness (QED) is 0.770. The van der Waals surface area contributed by atoms with E-state index in [1.165, 1.54) is 26.9 Å². The zero-order chi connectivity index (χ0) is 13.8. The molecule has 100 valence electrons. The molecule has 0 fully saturated rings. The molecule has 2 rings (SSSR count). The molecule has 2 aromatic carbocycles. The minimum absolute atomic E-state index is 0.362. The zero-order valence-corrected chi connectivity index (χ0v) is 13.3. The molecule has 0 bridgehead atoms. The Morgan fingerprint density at radius 2 is 1.63 bits per heavy atom. The Morgan fingerprint density at radius 3 is 2.16 bits per heavy atom. The lowest BCUT2D eigenvalue weighted by Gasteiger charge is -2.20. The Morgan fingerprint density at radius 1 is 1.05 bits per heavy atom. The minimum atomic E-state index is 0.362. The molecule has 0 radical (unpaired) electrons. The number of aryl methyl sites for hydroxylation is 2. The zero-order valence-electron chi connectivity index (χ0n) is 11.7. The van der Waals surface area contributed by atoms with Gasteiger partial charge in [0.15, 0.2) is 0 Å². The Bertz CT molecular complexity index is 525. The number of rotatable bonds is 4. The van der Waals surface area contributed by atoms with Crippen molar-refractivity contribution < 1.29 is 0 Å². The number of halogens is 1. The maximum atomic E-state index is 3.63. The van der Waals surface area contributed by atoms with Gasteiger partial charge >= 0.3 is 0 Å². The summed E-state index contributed by atoms with van der Waals surface area (Å²) in [6.45, 7) is 6.47. The van der Waals surface area contributed by atoms with E-state index in [4.69, 9.17) is 0 Å². The summed E-state index contributed by atoms with van der Waals surface area (Å²) in [5.41, 5.74) is 5.06. The number of benzene rings is 2. The molecule has 0 aliphatic heterocycles. The van der Waals surface area contributed by atoms with Gasteiger partial charge in [-0.25, -0.2) is 0 Å². The largest absolute Gasteiger partial charge is 0.378 e. The molecule has 19 heavy (non-hydrogen) atoms. The summed E-state index contributed by atoms with van der Waals surface area (Å²) in [4.78, 5) is 0. The smallest absolute Gasteiger partial charge is 0.0511 e. The molecule has 2 aromatic rings. The highest BCUT2D eigenvalue weighted by Crippen LogP contribution is 2.28. The third kappa shape index (κ3) is 3.38. The average Bonchev–Trinajstić information content (AvgIpc) is 2.43. The van der Waals surface area contributed by atoms with Gasteiger partial charge < -0.3 is 5.32 Å². The van der Waals surface area contributed by atoms with Crippen molar-refractivity contribution in [3.8, 4) is 0 Å². The molecule has 0 heterocycles. The average molecular weight is 318 g/mol. The summed E-state index contributed by atoms with van der Waals surface area (Å²) >= 11 is 3.61. The van der Waals surface area contributed by atoms with Gasteiger partial charge in [-0.3, -0.25) is 0 Å². The predicted molar refractivity (Wildman–Crippen MR) is 86.7 cm³/mol. The summed E-state index contributed by atoms with van der Waals surface area (Å²) in [5.74, 6) is 0. The van der Waals surface area contributed by atoms with Crippen LogP contribution >= 0.6 is 15.9 Å². The summed E-state index contributed by atoms with van der Waals surface area (Å²) < 4.78 is 1.20. The highest BCUT2D eigenvalue weighted by atomic mass is 79.9. The van der Waals surface area contributed by atoms with Crippen LogP contribution in [0.4, 0.5) is 5.69 Å². The predicted octanol–water partition coefficient (Wildman–Crippen LogP) is 5.63. The fourth-order valence-electron chi connectivity index (χ4n) is 2.34. The molecule has 0 aromatic heterocycles. The molecular weight excluding hydrogens is 298 g/mol. The summed E-state index contributed by atoms with van der Waals surface area (Å²) in [5, 5.41) is 3.63. The maximum Gasteiger partial charge on any atom is 0.0511 e. The van der Waals surface area contributed by atoms with Crippen LogP contribution in [0.3, 0.4) is 0 Å². The van der Waals surface area contributed by atoms with E-state index < -0.39 is 0 Å². The monoisotopic (exact) mass is 317 g/mol. The third-order valence-electron chi connectivity index (χ3n) is 3.39. The lowest BCUT2D eigenvalue weighted by Crippen LogP contribution is -2.09. The van der Waals surface area contributed by atoms with Gasteiger partial charge in [0, 0.05) is 10.2 Å². The molecule has 1 N–H and O–H groups in total. The number of nitrogens with one attached hydrogen (secondary N) is 1. The number of anilines is 1. The number of hydrogen-bond acceptors (Lipinski definition) is 1. The number of hydrogen-bond donors (Lipinski definition) is 1. The van der Waals surface area contributed by atoms with Gasteiger partial charge in [-0.15, -0.1) is 0 Å². The van der Waals surface area contributed by atoms with Crippen molar-refractivity contribution >= 4 is 21.6 Å². The molecule has 1 nitrogen and oxygen atoms in total. The SMILES string of the molecule is CCC(Nc1cc(C)c(Br)c(C)c1)c1ccccc1. The van der Waals surface area contributed by atoms with Crippen LogP contribution in [0.25, 0.3) is 0 Å². The van der Waals surface area contributed by atoms with Crippen LogP contribution in [0.2, 0.25) is 0 Å². The fourth-order valence-corrected chi connectivity index (χ4v) is 2.57. The molecule has 0 aliphatic rings. The molecule has 0 saturated heterocycles. The van der Waals surface area contributed by atoms with Gasteiger partial charge in [0.2, 0.25) is 0 Å². The van der Waals surface area contributed by atoms with Gasteiger partial charge in [0.1, 0.15) is 0 Å². The van der Waals surface area contributed by atoms with Crippen LogP contribution in [0, 0.1) is 13.8 Å². The highest BCUT2D eigenvalue weighted by molar-refractivity contribution is 9.10. The second-order valence-electron chi connectivity index (χ2n) is 4.94. The second-order valence-corrected chi connectivity index (χ2v) is 5.73. The van der Waals surface area contributed by atoms with Crippen LogP contribution in [-0.4, -0.2) is 0 Å². The molecule has 0 amide bonds. The van der Waals surface area contributed by atoms with E-state index >= 15 is 0 Å². The molecule has 0 aliphatic carbocycles. The van der Waals surface area contributed by atoms with E-state index in [0.29, 0.717) is 6.04 Å². The van der Waals surface area contributed by atoms with Crippen LogP contribution in [0.1, 0.15) is 36.1 Å². The van der Waals surface area contributed by atoms with E-state index in [1.807, 2.05) is 0 Å². The molecule has 1 unspecified atom stereocenters. The van der Waals surface area contributed by atoms with Crippen LogP contribution in [-0.2, 0) is 0 Å². The van der Waals surface area contributed by atoms with Crippen LogP contribution < -0.4 is 5.32 Å². The van der Waals surface area contributed by atoms with Crippen molar-refractivity contribution in [1.29, 1.82) is 0 Å². The minimum Gasteiger partial charge on any atom is -0.378 e. The molecular formula is C17H20BrN. The molecule has 0 saturated carbocycles. The first kappa shape index (κ1) is 14.1. The van der Waals surface area contributed by atoms with Crippen molar-refractivity contribution in [3.63, 3.8) is 0 Å². The standard InChI is InChI=1S/C17H20BrN/c1-4-16(14-8-6-5-7-9-14)19-15-10-12(2)17(18)13(3)11-15/h5-11,16,19H,4H2,1-3H3. The van der Waals surface area contributed by atoms with Crippen LogP contribution in [0.5, 0.6) is 0 Å². The summed E-state index contributed by atoms with van der Waals surface area (Å²) in [6.07, 6.45) is 1.07. The summed E-state index contributed by atoms with van der Waals surface area (Å²) in [7, 11) is 0. The van der Waals surface area contributed by atoms with E-state index in [0.717, 1.165) is 6.42 Å². The Kier molecular flexibility index (Phi) is 4.65. The van der Waals surface area contributed by atoms with Gasteiger partial charge in [-0.1, -0.05) is 53.2 Å². The van der Waals surface area contributed by atoms with Crippen molar-refractivity contribution in [3.05, 3.63) is 63.6 Å². The van der Waals surface area contributed by atoms with Gasteiger partial charge in [0.25, 0.3) is 0 Å². The van der Waals surface area contributed by atoms with E-state index in [1.54, 1.807) is 0 Å². The lowest BCUT2D eigenvalue weighted by atomic mass is 10.0. The first-order chi connectivity index (χ1) is 9.11. The maximum absolute atomic E-state index is 3.63. The summed E-state index contributed by atoms with van der Waals surface area (Å²) in [6, 6.07) is 15.4. The van der Waals surface area contributed by atoms with Crippen LogP contribution in [0.15, 0.2) is 46.9 Å². The second kappa shape index (κ2) is 6.25. The fraction of sp³-hybridized carbons (Fsp3) is 0.294. The first-order valence-corrected chi connectivity index (χ1v) is 7.49. The molecule has 1 atom stereocenters. The lowest BCUT2D eigenvalue weighted by molar-refractivity contribution is 0.749.